The van der Waals surface area contributed by atoms with E-state index in [0.29, 0.717) is 22.7 Å². The van der Waals surface area contributed by atoms with E-state index in [0.717, 1.165) is 35.7 Å². The van der Waals surface area contributed by atoms with Gasteiger partial charge in [0, 0.05) is 35.7 Å². The molecule has 0 spiro atoms. The molecule has 6 heteroatoms. The fourth-order valence-electron chi connectivity index (χ4n) is 3.90. The molecule has 1 unspecified atom stereocenters. The van der Waals surface area contributed by atoms with Crippen molar-refractivity contribution >= 4 is 28.3 Å². The number of benzene rings is 1. The first-order chi connectivity index (χ1) is 12.4. The van der Waals surface area contributed by atoms with Crippen LogP contribution >= 0.6 is 11.6 Å². The zero-order valence-electron chi connectivity index (χ0n) is 14.8. The Labute approximate surface area is 156 Å². The highest BCUT2D eigenvalue weighted by molar-refractivity contribution is 6.35. The van der Waals surface area contributed by atoms with Gasteiger partial charge in [-0.2, -0.15) is 5.10 Å². The molecule has 1 aliphatic carbocycles. The van der Waals surface area contributed by atoms with E-state index in [1.54, 1.807) is 16.9 Å². The molecule has 1 N–H and O–H groups in total. The molecule has 1 fully saturated rings. The van der Waals surface area contributed by atoms with Crippen LogP contribution in [0.4, 0.5) is 0 Å². The van der Waals surface area contributed by atoms with Crippen molar-refractivity contribution in [2.24, 2.45) is 7.05 Å². The van der Waals surface area contributed by atoms with Crippen LogP contribution in [0.15, 0.2) is 35.3 Å². The Morgan fingerprint density at radius 3 is 2.77 bits per heavy atom. The lowest BCUT2D eigenvalue weighted by Gasteiger charge is -2.31. The van der Waals surface area contributed by atoms with Crippen molar-refractivity contribution in [1.82, 2.24) is 14.8 Å². The minimum absolute atomic E-state index is 0.154. The van der Waals surface area contributed by atoms with Gasteiger partial charge in [0.05, 0.1) is 22.2 Å². The van der Waals surface area contributed by atoms with Crippen LogP contribution < -0.4 is 5.56 Å². The molecule has 2 heterocycles. The lowest BCUT2D eigenvalue weighted by molar-refractivity contribution is -0.125. The van der Waals surface area contributed by atoms with E-state index in [9.17, 15) is 9.59 Å². The molecular formula is C20H20ClN3O2. The number of aromatic nitrogens is 3. The van der Waals surface area contributed by atoms with Gasteiger partial charge in [-0.3, -0.25) is 14.3 Å². The number of H-pyrrole nitrogens is 1. The van der Waals surface area contributed by atoms with E-state index in [1.165, 1.54) is 0 Å². The van der Waals surface area contributed by atoms with E-state index < -0.39 is 5.41 Å². The van der Waals surface area contributed by atoms with E-state index in [-0.39, 0.29) is 11.3 Å². The highest BCUT2D eigenvalue weighted by atomic mass is 35.5. The molecular weight excluding hydrogens is 350 g/mol. The molecule has 5 nitrogen and oxygen atoms in total. The monoisotopic (exact) mass is 369 g/mol. The first-order valence-corrected chi connectivity index (χ1v) is 9.17. The Morgan fingerprint density at radius 1 is 1.23 bits per heavy atom. The SMILES string of the molecule is Cn1ncc2c(Cl)cc(-c3ccc(C4(C)CCCCC4=O)c(=O)[nH]3)cc21. The Hall–Kier alpha value is -2.40. The van der Waals surface area contributed by atoms with Gasteiger partial charge in [0.2, 0.25) is 0 Å². The Morgan fingerprint density at radius 2 is 2.04 bits per heavy atom. The maximum absolute atomic E-state index is 12.8. The van der Waals surface area contributed by atoms with Gasteiger partial charge < -0.3 is 4.98 Å². The third-order valence-corrected chi connectivity index (χ3v) is 5.89. The fraction of sp³-hybridized carbons (Fsp3) is 0.350. The maximum atomic E-state index is 12.8. The van der Waals surface area contributed by atoms with Gasteiger partial charge in [0.25, 0.3) is 5.56 Å². The molecule has 26 heavy (non-hydrogen) atoms. The number of fused-ring (bicyclic) bond motifs is 1. The van der Waals surface area contributed by atoms with Crippen LogP contribution in [0.1, 0.15) is 38.2 Å². The van der Waals surface area contributed by atoms with Crippen LogP contribution in [0, 0.1) is 0 Å². The first kappa shape index (κ1) is 17.0. The Bertz CT molecular complexity index is 1080. The van der Waals surface area contributed by atoms with E-state index in [4.69, 9.17) is 11.6 Å². The molecule has 1 saturated carbocycles. The summed E-state index contributed by atoms with van der Waals surface area (Å²) in [4.78, 5) is 28.2. The first-order valence-electron chi connectivity index (χ1n) is 8.79. The molecule has 2 aromatic heterocycles. The summed E-state index contributed by atoms with van der Waals surface area (Å²) in [5.74, 6) is 0.154. The standard InChI is InChI=1S/C20H20ClN3O2/c1-20(8-4-3-5-18(20)25)14-6-7-16(23-19(14)26)12-9-15(21)13-11-22-24(2)17(13)10-12/h6-7,9-11H,3-5,8H2,1-2H3,(H,23,26). The molecule has 0 saturated heterocycles. The second-order valence-electron chi connectivity index (χ2n) is 7.24. The number of aromatic amines is 1. The summed E-state index contributed by atoms with van der Waals surface area (Å²) in [6.07, 6.45) is 4.87. The van der Waals surface area contributed by atoms with E-state index in [2.05, 4.69) is 10.1 Å². The predicted molar refractivity (Wildman–Crippen MR) is 103 cm³/mol. The molecule has 0 radical (unpaired) electrons. The van der Waals surface area contributed by atoms with Crippen LogP contribution in [0.25, 0.3) is 22.2 Å². The number of Topliss-reactive ketones (excluding diaryl/α,β-unsaturated/α-hetero) is 1. The molecule has 1 aromatic carbocycles. The highest BCUT2D eigenvalue weighted by Crippen LogP contribution is 2.35. The van der Waals surface area contributed by atoms with Crippen molar-refractivity contribution < 1.29 is 4.79 Å². The Kier molecular flexibility index (Phi) is 3.99. The number of rotatable bonds is 2. The van der Waals surface area contributed by atoms with Gasteiger partial charge in [-0.1, -0.05) is 24.1 Å². The van der Waals surface area contributed by atoms with E-state index in [1.807, 2.05) is 32.2 Å². The quantitative estimate of drug-likeness (QED) is 0.742. The number of halogens is 1. The summed E-state index contributed by atoms with van der Waals surface area (Å²) in [7, 11) is 1.85. The summed E-state index contributed by atoms with van der Waals surface area (Å²) in [6, 6.07) is 7.42. The third-order valence-electron chi connectivity index (χ3n) is 5.58. The Balaban J connectivity index is 1.80. The largest absolute Gasteiger partial charge is 0.322 e. The van der Waals surface area contributed by atoms with Gasteiger partial charge in [0.15, 0.2) is 0 Å². The van der Waals surface area contributed by atoms with Gasteiger partial charge in [-0.15, -0.1) is 0 Å². The zero-order valence-corrected chi connectivity index (χ0v) is 15.6. The lowest BCUT2D eigenvalue weighted by Crippen LogP contribution is -2.40. The molecule has 1 atom stereocenters. The van der Waals surface area contributed by atoms with Crippen molar-refractivity contribution in [2.75, 3.05) is 0 Å². The van der Waals surface area contributed by atoms with Crippen LogP contribution in [-0.2, 0) is 17.3 Å². The summed E-state index contributed by atoms with van der Waals surface area (Å²) in [5, 5.41) is 5.68. The predicted octanol–water partition coefficient (Wildman–Crippen LogP) is 3.98. The summed E-state index contributed by atoms with van der Waals surface area (Å²) in [5.41, 5.74) is 2.05. The molecule has 3 aromatic rings. The lowest BCUT2D eigenvalue weighted by atomic mass is 9.70. The van der Waals surface area contributed by atoms with Crippen LogP contribution in [0.2, 0.25) is 5.02 Å². The number of ketones is 1. The number of nitrogens with zero attached hydrogens (tertiary/aromatic N) is 2. The second kappa shape index (κ2) is 6.09. The van der Waals surface area contributed by atoms with Gasteiger partial charge in [-0.25, -0.2) is 0 Å². The normalized spacial score (nSPS) is 20.7. The molecule has 134 valence electrons. The summed E-state index contributed by atoms with van der Waals surface area (Å²) >= 11 is 6.37. The highest BCUT2D eigenvalue weighted by Gasteiger charge is 2.38. The molecule has 0 amide bonds. The van der Waals surface area contributed by atoms with Crippen LogP contribution in [-0.4, -0.2) is 20.5 Å². The van der Waals surface area contributed by atoms with Crippen molar-refractivity contribution in [2.45, 2.75) is 38.0 Å². The van der Waals surface area contributed by atoms with Crippen molar-refractivity contribution in [1.29, 1.82) is 0 Å². The molecule has 0 aliphatic heterocycles. The summed E-state index contributed by atoms with van der Waals surface area (Å²) < 4.78 is 1.75. The number of pyridine rings is 1. The average Bonchev–Trinajstić information content (AvgIpc) is 2.99. The van der Waals surface area contributed by atoms with E-state index >= 15 is 0 Å². The van der Waals surface area contributed by atoms with Crippen molar-refractivity contribution in [3.05, 3.63) is 51.4 Å². The average molecular weight is 370 g/mol. The van der Waals surface area contributed by atoms with Gasteiger partial charge in [0.1, 0.15) is 5.78 Å². The number of aryl methyl sites for hydroxylation is 1. The minimum Gasteiger partial charge on any atom is -0.322 e. The maximum Gasteiger partial charge on any atom is 0.252 e. The topological polar surface area (TPSA) is 67.8 Å². The zero-order chi connectivity index (χ0) is 18.5. The van der Waals surface area contributed by atoms with Crippen molar-refractivity contribution in [3.63, 3.8) is 0 Å². The number of carbonyl (C=O) groups excluding carboxylic acids is 1. The minimum atomic E-state index is -0.687. The van der Waals surface area contributed by atoms with Gasteiger partial charge >= 0.3 is 0 Å². The number of hydrogen-bond donors (Lipinski definition) is 1. The third kappa shape index (κ3) is 2.58. The number of hydrogen-bond acceptors (Lipinski definition) is 3. The summed E-state index contributed by atoms with van der Waals surface area (Å²) in [6.45, 7) is 1.89. The molecule has 0 bridgehead atoms. The van der Waals surface area contributed by atoms with Crippen LogP contribution in [0.3, 0.4) is 0 Å². The second-order valence-corrected chi connectivity index (χ2v) is 7.64. The van der Waals surface area contributed by atoms with Crippen molar-refractivity contribution in [3.8, 4) is 11.3 Å². The molecule has 1 aliphatic rings. The number of nitrogens with one attached hydrogen (secondary N) is 1. The van der Waals surface area contributed by atoms with Crippen LogP contribution in [0.5, 0.6) is 0 Å². The number of carbonyl (C=O) groups is 1. The molecule has 4 rings (SSSR count). The fourth-order valence-corrected chi connectivity index (χ4v) is 4.16. The smallest absolute Gasteiger partial charge is 0.252 e. The van der Waals surface area contributed by atoms with Gasteiger partial charge in [-0.05, 0) is 38.0 Å².